The van der Waals surface area contributed by atoms with Crippen LogP contribution in [0.15, 0.2) is 11.0 Å². The third-order valence-corrected chi connectivity index (χ3v) is 3.54. The van der Waals surface area contributed by atoms with Gasteiger partial charge in [-0.05, 0) is 19.8 Å². The molecular formula is C11H16N2OS. The molecule has 0 radical (unpaired) electrons. The molecule has 1 aliphatic carbocycles. The zero-order valence-corrected chi connectivity index (χ0v) is 9.77. The van der Waals surface area contributed by atoms with Crippen LogP contribution in [0.2, 0.25) is 0 Å². The van der Waals surface area contributed by atoms with Crippen LogP contribution in [0.25, 0.3) is 0 Å². The summed E-state index contributed by atoms with van der Waals surface area (Å²) < 4.78 is 2.39. The van der Waals surface area contributed by atoms with Gasteiger partial charge in [0.25, 0.3) is 0 Å². The molecule has 1 aromatic heterocycles. The fourth-order valence-corrected chi connectivity index (χ4v) is 2.36. The average Bonchev–Trinajstić information content (AvgIpc) is 2.25. The van der Waals surface area contributed by atoms with Crippen LogP contribution in [0.3, 0.4) is 0 Å². The van der Waals surface area contributed by atoms with Crippen molar-refractivity contribution >= 4 is 12.2 Å². The lowest BCUT2D eigenvalue weighted by Crippen LogP contribution is -2.28. The smallest absolute Gasteiger partial charge is 0.298 e. The van der Waals surface area contributed by atoms with E-state index in [1.165, 1.54) is 19.3 Å². The average molecular weight is 224 g/mol. The predicted octanol–water partition coefficient (Wildman–Crippen LogP) is 2.72. The van der Waals surface area contributed by atoms with Crippen molar-refractivity contribution in [3.05, 3.63) is 26.9 Å². The van der Waals surface area contributed by atoms with E-state index in [4.69, 9.17) is 12.2 Å². The van der Waals surface area contributed by atoms with Gasteiger partial charge in [0.05, 0.1) is 0 Å². The second-order valence-corrected chi connectivity index (χ2v) is 4.68. The molecule has 2 rings (SSSR count). The number of nitrogens with zero attached hydrogens (tertiary/aromatic N) is 1. The summed E-state index contributed by atoms with van der Waals surface area (Å²) in [5, 5.41) is 0. The summed E-state index contributed by atoms with van der Waals surface area (Å²) in [6.07, 6.45) is 7.88. The predicted molar refractivity (Wildman–Crippen MR) is 62.7 cm³/mol. The minimum atomic E-state index is -0.0579. The van der Waals surface area contributed by atoms with Crippen molar-refractivity contribution in [3.8, 4) is 0 Å². The van der Waals surface area contributed by atoms with E-state index in [2.05, 4.69) is 4.98 Å². The van der Waals surface area contributed by atoms with E-state index in [0.29, 0.717) is 10.7 Å². The van der Waals surface area contributed by atoms with Gasteiger partial charge in [-0.15, -0.1) is 0 Å². The molecule has 0 aromatic carbocycles. The van der Waals surface area contributed by atoms with Gasteiger partial charge in [0.2, 0.25) is 0 Å². The normalized spacial score (nSPS) is 17.9. The number of hydrogen-bond donors (Lipinski definition) is 1. The van der Waals surface area contributed by atoms with Crippen LogP contribution in [0.5, 0.6) is 0 Å². The van der Waals surface area contributed by atoms with Crippen LogP contribution in [0.1, 0.15) is 43.7 Å². The molecule has 4 heteroatoms. The molecule has 0 unspecified atom stereocenters. The molecular weight excluding hydrogens is 208 g/mol. The van der Waals surface area contributed by atoms with Gasteiger partial charge in [0.15, 0.2) is 0 Å². The Balaban J connectivity index is 2.39. The van der Waals surface area contributed by atoms with Crippen molar-refractivity contribution in [3.63, 3.8) is 0 Å². The van der Waals surface area contributed by atoms with Gasteiger partial charge in [-0.3, -0.25) is 9.55 Å². The van der Waals surface area contributed by atoms with Crippen LogP contribution in [0.4, 0.5) is 0 Å². The highest BCUT2D eigenvalue weighted by Crippen LogP contribution is 2.26. The van der Waals surface area contributed by atoms with Crippen molar-refractivity contribution in [1.29, 1.82) is 0 Å². The van der Waals surface area contributed by atoms with Crippen molar-refractivity contribution in [1.82, 2.24) is 9.55 Å². The number of nitrogens with one attached hydrogen (secondary N) is 1. The third kappa shape index (κ3) is 2.20. The van der Waals surface area contributed by atoms with Gasteiger partial charge in [0, 0.05) is 17.8 Å². The van der Waals surface area contributed by atoms with Crippen molar-refractivity contribution < 1.29 is 0 Å². The molecule has 1 fully saturated rings. The Bertz CT molecular complexity index is 454. The number of hydrogen-bond acceptors (Lipinski definition) is 2. The zero-order valence-electron chi connectivity index (χ0n) is 8.95. The van der Waals surface area contributed by atoms with E-state index in [1.807, 2.05) is 17.7 Å². The summed E-state index contributed by atoms with van der Waals surface area (Å²) in [4.78, 5) is 14.5. The van der Waals surface area contributed by atoms with E-state index in [0.717, 1.165) is 18.4 Å². The maximum atomic E-state index is 11.7. The maximum Gasteiger partial charge on any atom is 0.326 e. The summed E-state index contributed by atoms with van der Waals surface area (Å²) in [5.41, 5.74) is 0.924. The Labute approximate surface area is 94.1 Å². The van der Waals surface area contributed by atoms with E-state index in [1.54, 1.807) is 0 Å². The van der Waals surface area contributed by atoms with E-state index < -0.39 is 0 Å². The highest BCUT2D eigenvalue weighted by atomic mass is 32.1. The number of aryl methyl sites for hydroxylation is 1. The Morgan fingerprint density at radius 3 is 2.73 bits per heavy atom. The topological polar surface area (TPSA) is 37.8 Å². The minimum absolute atomic E-state index is 0.0579. The summed E-state index contributed by atoms with van der Waals surface area (Å²) >= 11 is 5.03. The van der Waals surface area contributed by atoms with Crippen molar-refractivity contribution in [2.45, 2.75) is 45.1 Å². The van der Waals surface area contributed by atoms with Crippen molar-refractivity contribution in [2.75, 3.05) is 0 Å². The largest absolute Gasteiger partial charge is 0.326 e. The zero-order chi connectivity index (χ0) is 10.8. The first-order valence-electron chi connectivity index (χ1n) is 5.50. The Morgan fingerprint density at radius 1 is 1.40 bits per heavy atom. The number of aromatic amines is 1. The highest BCUT2D eigenvalue weighted by molar-refractivity contribution is 7.71. The van der Waals surface area contributed by atoms with Gasteiger partial charge in [0.1, 0.15) is 4.64 Å². The van der Waals surface area contributed by atoms with Gasteiger partial charge >= 0.3 is 5.69 Å². The quantitative estimate of drug-likeness (QED) is 0.745. The molecule has 1 heterocycles. The van der Waals surface area contributed by atoms with E-state index in [9.17, 15) is 4.79 Å². The first-order chi connectivity index (χ1) is 7.18. The second kappa shape index (κ2) is 4.31. The molecule has 0 amide bonds. The number of rotatable bonds is 1. The standard InChI is InChI=1S/C11H16N2OS/c1-8-7-13(11(14)12-10(8)15)9-5-3-2-4-6-9/h7,9H,2-6H2,1H3,(H,12,14,15). The van der Waals surface area contributed by atoms with Gasteiger partial charge in [-0.2, -0.15) is 0 Å². The molecule has 1 aromatic rings. The summed E-state index contributed by atoms with van der Waals surface area (Å²) in [6.45, 7) is 1.94. The lowest BCUT2D eigenvalue weighted by Gasteiger charge is -2.23. The van der Waals surface area contributed by atoms with E-state index >= 15 is 0 Å². The third-order valence-electron chi connectivity index (χ3n) is 3.11. The first-order valence-corrected chi connectivity index (χ1v) is 5.91. The molecule has 15 heavy (non-hydrogen) atoms. The monoisotopic (exact) mass is 224 g/mol. The molecule has 1 aliphatic rings. The van der Waals surface area contributed by atoms with Crippen LogP contribution < -0.4 is 5.69 Å². The lowest BCUT2D eigenvalue weighted by atomic mass is 9.95. The molecule has 3 nitrogen and oxygen atoms in total. The summed E-state index contributed by atoms with van der Waals surface area (Å²) in [6, 6.07) is 0.372. The Kier molecular flexibility index (Phi) is 3.05. The molecule has 0 saturated heterocycles. The maximum absolute atomic E-state index is 11.7. The van der Waals surface area contributed by atoms with Crippen LogP contribution in [0, 0.1) is 11.6 Å². The fourth-order valence-electron chi connectivity index (χ4n) is 2.22. The molecule has 0 atom stereocenters. The van der Waals surface area contributed by atoms with E-state index in [-0.39, 0.29) is 5.69 Å². The molecule has 0 bridgehead atoms. The van der Waals surface area contributed by atoms with Gasteiger partial charge in [-0.25, -0.2) is 4.79 Å². The first kappa shape index (κ1) is 10.6. The molecule has 1 saturated carbocycles. The molecule has 0 spiro atoms. The number of aromatic nitrogens is 2. The van der Waals surface area contributed by atoms with Gasteiger partial charge < -0.3 is 0 Å². The van der Waals surface area contributed by atoms with Crippen LogP contribution >= 0.6 is 12.2 Å². The fraction of sp³-hybridized carbons (Fsp3) is 0.636. The lowest BCUT2D eigenvalue weighted by molar-refractivity contribution is 0.342. The van der Waals surface area contributed by atoms with Crippen LogP contribution in [-0.4, -0.2) is 9.55 Å². The SMILES string of the molecule is Cc1cn(C2CCCCC2)c(=O)[nH]c1=S. The Morgan fingerprint density at radius 2 is 2.07 bits per heavy atom. The minimum Gasteiger partial charge on any atom is -0.298 e. The van der Waals surface area contributed by atoms with Crippen LogP contribution in [-0.2, 0) is 0 Å². The Hall–Kier alpha value is -0.900. The number of H-pyrrole nitrogens is 1. The second-order valence-electron chi connectivity index (χ2n) is 4.27. The summed E-state index contributed by atoms with van der Waals surface area (Å²) in [7, 11) is 0. The summed E-state index contributed by atoms with van der Waals surface area (Å²) in [5.74, 6) is 0. The molecule has 82 valence electrons. The van der Waals surface area contributed by atoms with Gasteiger partial charge in [-0.1, -0.05) is 31.5 Å². The van der Waals surface area contributed by atoms with Crippen molar-refractivity contribution in [2.24, 2.45) is 0 Å². The molecule has 1 N–H and O–H groups in total. The molecule has 0 aliphatic heterocycles. The highest BCUT2D eigenvalue weighted by Gasteiger charge is 2.16.